The molecule has 6 rings (SSSR count). The van der Waals surface area contributed by atoms with Gasteiger partial charge in [0.1, 0.15) is 11.3 Å². The van der Waals surface area contributed by atoms with Gasteiger partial charge in [0, 0.05) is 29.8 Å². The van der Waals surface area contributed by atoms with E-state index in [0.29, 0.717) is 30.6 Å². The summed E-state index contributed by atoms with van der Waals surface area (Å²) in [6.07, 6.45) is 5.15. The molecule has 0 aliphatic heterocycles. The Bertz CT molecular complexity index is 1730. The number of aromatic nitrogens is 6. The van der Waals surface area contributed by atoms with Crippen LogP contribution in [0.25, 0.3) is 38.7 Å². The molecule has 34 heavy (non-hydrogen) atoms. The molecule has 0 aliphatic rings. The number of aryl methyl sites for hydroxylation is 3. The van der Waals surface area contributed by atoms with Gasteiger partial charge in [-0.1, -0.05) is 37.3 Å². The molecule has 7 nitrogen and oxygen atoms in total. The first-order valence-corrected chi connectivity index (χ1v) is 11.2. The summed E-state index contributed by atoms with van der Waals surface area (Å²) in [5, 5.41) is 14.5. The molecule has 0 saturated heterocycles. The topological polar surface area (TPSA) is 80.9 Å². The summed E-state index contributed by atoms with van der Waals surface area (Å²) in [6, 6.07) is 16.2. The molecule has 0 spiro atoms. The van der Waals surface area contributed by atoms with Crippen molar-refractivity contribution in [2.24, 2.45) is 0 Å². The molecule has 0 aliphatic carbocycles. The Kier molecular flexibility index (Phi) is 4.72. The fourth-order valence-electron chi connectivity index (χ4n) is 4.54. The molecular formula is C26H21FN6O. The minimum Gasteiger partial charge on any atom is -0.361 e. The maximum atomic E-state index is 13.5. The lowest BCUT2D eigenvalue weighted by Gasteiger charge is -2.07. The number of halogens is 1. The largest absolute Gasteiger partial charge is 0.361 e. The number of pyridine rings is 1. The average molecular weight is 452 g/mol. The van der Waals surface area contributed by atoms with Crippen LogP contribution >= 0.6 is 0 Å². The van der Waals surface area contributed by atoms with Crippen molar-refractivity contribution in [1.29, 1.82) is 0 Å². The van der Waals surface area contributed by atoms with Gasteiger partial charge in [-0.3, -0.25) is 4.79 Å². The summed E-state index contributed by atoms with van der Waals surface area (Å²) >= 11 is 0. The third-order valence-corrected chi connectivity index (χ3v) is 6.29. The molecular weight excluding hydrogens is 431 g/mol. The van der Waals surface area contributed by atoms with Gasteiger partial charge in [0.25, 0.3) is 5.56 Å². The van der Waals surface area contributed by atoms with Crippen LogP contribution in [-0.2, 0) is 19.4 Å². The summed E-state index contributed by atoms with van der Waals surface area (Å²) in [5.41, 5.74) is 5.89. The Morgan fingerprint density at radius 3 is 2.68 bits per heavy atom. The molecule has 0 fully saturated rings. The molecule has 6 aromatic rings. The van der Waals surface area contributed by atoms with E-state index in [1.54, 1.807) is 27.4 Å². The van der Waals surface area contributed by atoms with Crippen LogP contribution in [0.4, 0.5) is 4.39 Å². The number of hydrogen-bond donors (Lipinski definition) is 1. The van der Waals surface area contributed by atoms with Crippen molar-refractivity contribution in [3.8, 4) is 11.1 Å². The minimum atomic E-state index is -0.303. The number of benzene rings is 2. The third kappa shape index (κ3) is 3.18. The van der Waals surface area contributed by atoms with Crippen LogP contribution in [0.1, 0.15) is 18.2 Å². The lowest BCUT2D eigenvalue weighted by Crippen LogP contribution is -2.22. The molecule has 2 aromatic carbocycles. The Morgan fingerprint density at radius 1 is 1.03 bits per heavy atom. The van der Waals surface area contributed by atoms with Crippen LogP contribution < -0.4 is 5.56 Å². The number of nitrogens with zero attached hydrogens (tertiary/aromatic N) is 5. The maximum Gasteiger partial charge on any atom is 0.280 e. The van der Waals surface area contributed by atoms with Gasteiger partial charge in [0.15, 0.2) is 11.2 Å². The van der Waals surface area contributed by atoms with Crippen LogP contribution in [0.3, 0.4) is 0 Å². The molecule has 0 radical (unpaired) electrons. The van der Waals surface area contributed by atoms with E-state index in [1.807, 2.05) is 37.4 Å². The first-order valence-electron chi connectivity index (χ1n) is 11.2. The van der Waals surface area contributed by atoms with Crippen LogP contribution in [0.5, 0.6) is 0 Å². The third-order valence-electron chi connectivity index (χ3n) is 6.29. The smallest absolute Gasteiger partial charge is 0.280 e. The highest BCUT2D eigenvalue weighted by molar-refractivity contribution is 5.85. The Labute approximate surface area is 193 Å². The first-order chi connectivity index (χ1) is 16.6. The molecule has 1 N–H and O–H groups in total. The normalized spacial score (nSPS) is 11.7. The van der Waals surface area contributed by atoms with E-state index in [-0.39, 0.29) is 16.9 Å². The summed E-state index contributed by atoms with van der Waals surface area (Å²) in [5.74, 6) is -0.303. The lowest BCUT2D eigenvalue weighted by atomic mass is 10.0. The van der Waals surface area contributed by atoms with Crippen molar-refractivity contribution in [2.45, 2.75) is 26.3 Å². The summed E-state index contributed by atoms with van der Waals surface area (Å²) in [7, 11) is 0. The van der Waals surface area contributed by atoms with E-state index >= 15 is 0 Å². The number of rotatable bonds is 5. The van der Waals surface area contributed by atoms with Gasteiger partial charge in [-0.2, -0.15) is 5.10 Å². The predicted octanol–water partition coefficient (Wildman–Crippen LogP) is 4.53. The monoisotopic (exact) mass is 452 g/mol. The van der Waals surface area contributed by atoms with E-state index in [2.05, 4.69) is 21.2 Å². The zero-order valence-electron chi connectivity index (χ0n) is 18.5. The van der Waals surface area contributed by atoms with E-state index in [4.69, 9.17) is 5.10 Å². The van der Waals surface area contributed by atoms with Crippen LogP contribution in [0, 0.1) is 5.82 Å². The fourth-order valence-corrected chi connectivity index (χ4v) is 4.54. The van der Waals surface area contributed by atoms with Crippen molar-refractivity contribution in [2.75, 3.05) is 0 Å². The number of aromatic amines is 1. The van der Waals surface area contributed by atoms with Gasteiger partial charge in [-0.25, -0.2) is 8.91 Å². The van der Waals surface area contributed by atoms with Crippen molar-refractivity contribution in [1.82, 2.24) is 29.4 Å². The second-order valence-corrected chi connectivity index (χ2v) is 8.28. The highest BCUT2D eigenvalue weighted by Crippen LogP contribution is 2.29. The molecule has 168 valence electrons. The van der Waals surface area contributed by atoms with Gasteiger partial charge in [0.05, 0.1) is 11.3 Å². The van der Waals surface area contributed by atoms with Gasteiger partial charge in [0.2, 0.25) is 0 Å². The molecule has 0 amide bonds. The van der Waals surface area contributed by atoms with Gasteiger partial charge >= 0.3 is 0 Å². The SMILES string of the molecule is CCc1nn2c(nnc3c(=O)n(CCc4c[nH]c5ccccc45)ccc32)c1-c1ccc(F)cc1. The molecule has 4 aromatic heterocycles. The highest BCUT2D eigenvalue weighted by Gasteiger charge is 2.19. The fraction of sp³-hybridized carbons (Fsp3) is 0.154. The van der Waals surface area contributed by atoms with E-state index < -0.39 is 0 Å². The van der Waals surface area contributed by atoms with Crippen molar-refractivity contribution >= 4 is 27.6 Å². The summed E-state index contributed by atoms with van der Waals surface area (Å²) in [6.45, 7) is 2.53. The zero-order valence-corrected chi connectivity index (χ0v) is 18.5. The number of hydrogen-bond acceptors (Lipinski definition) is 4. The Hall–Kier alpha value is -4.33. The molecule has 8 heteroatoms. The van der Waals surface area contributed by atoms with Crippen molar-refractivity contribution < 1.29 is 4.39 Å². The number of H-pyrrole nitrogens is 1. The van der Waals surface area contributed by atoms with E-state index in [1.165, 1.54) is 12.1 Å². The molecule has 0 saturated carbocycles. The minimum absolute atomic E-state index is 0.205. The summed E-state index contributed by atoms with van der Waals surface area (Å²) in [4.78, 5) is 16.5. The average Bonchev–Trinajstić information content (AvgIpc) is 3.45. The van der Waals surface area contributed by atoms with Gasteiger partial charge < -0.3 is 9.55 Å². The quantitative estimate of drug-likeness (QED) is 0.417. The van der Waals surface area contributed by atoms with Gasteiger partial charge in [-0.05, 0) is 48.2 Å². The lowest BCUT2D eigenvalue weighted by molar-refractivity contribution is 0.628. The van der Waals surface area contributed by atoms with Crippen LogP contribution in [0.15, 0.2) is 71.8 Å². The second kappa shape index (κ2) is 7.91. The predicted molar refractivity (Wildman–Crippen MR) is 129 cm³/mol. The molecule has 4 heterocycles. The van der Waals surface area contributed by atoms with E-state index in [9.17, 15) is 9.18 Å². The Morgan fingerprint density at radius 2 is 1.85 bits per heavy atom. The van der Waals surface area contributed by atoms with Crippen molar-refractivity contribution in [3.63, 3.8) is 0 Å². The van der Waals surface area contributed by atoms with E-state index in [0.717, 1.165) is 33.3 Å². The highest BCUT2D eigenvalue weighted by atomic mass is 19.1. The first kappa shape index (κ1) is 20.3. The van der Waals surface area contributed by atoms with Crippen molar-refractivity contribution in [3.05, 3.63) is 94.4 Å². The summed E-state index contributed by atoms with van der Waals surface area (Å²) < 4.78 is 16.8. The van der Waals surface area contributed by atoms with Crippen LogP contribution in [0.2, 0.25) is 0 Å². The second-order valence-electron chi connectivity index (χ2n) is 8.28. The number of nitrogens with one attached hydrogen (secondary N) is 1. The standard InChI is InChI=1S/C26H21FN6O/c1-2-20-23(16-7-9-18(27)10-8-16)25-30-29-24-22(33(25)31-20)12-14-32(26(24)34)13-11-17-15-28-21-6-4-3-5-19(17)21/h3-10,12,14-15,28H,2,11,13H2,1H3. The molecule has 0 bridgehead atoms. The number of para-hydroxylation sites is 1. The number of fused-ring (bicyclic) bond motifs is 4. The maximum absolute atomic E-state index is 13.5. The van der Waals surface area contributed by atoms with Gasteiger partial charge in [-0.15, -0.1) is 10.2 Å². The molecule has 0 atom stereocenters. The Balaban J connectivity index is 1.42. The van der Waals surface area contributed by atoms with Crippen LogP contribution in [-0.4, -0.2) is 29.4 Å². The molecule has 0 unspecified atom stereocenters. The zero-order chi connectivity index (χ0) is 23.2.